The quantitative estimate of drug-likeness (QED) is 0.526. The Hall–Kier alpha value is -2.17. The summed E-state index contributed by atoms with van der Waals surface area (Å²) in [5, 5.41) is 0. The summed E-state index contributed by atoms with van der Waals surface area (Å²) < 4.78 is 39.1. The first-order valence-electron chi connectivity index (χ1n) is 9.47. The van der Waals surface area contributed by atoms with Gasteiger partial charge in [-0.25, -0.2) is 8.78 Å². The Kier molecular flexibility index (Phi) is 4.57. The molecule has 144 valence electrons. The zero-order valence-corrected chi connectivity index (χ0v) is 15.5. The summed E-state index contributed by atoms with van der Waals surface area (Å²) >= 11 is 0. The van der Waals surface area contributed by atoms with E-state index in [1.807, 2.05) is 49.4 Å². The van der Waals surface area contributed by atoms with E-state index in [-0.39, 0.29) is 18.3 Å². The van der Waals surface area contributed by atoms with Crippen LogP contribution in [0.5, 0.6) is 5.75 Å². The number of fused-ring (bicyclic) bond motifs is 5. The molecule has 3 aliphatic rings. The lowest BCUT2D eigenvalue weighted by molar-refractivity contribution is -0.171. The number of benzene rings is 1. The topological polar surface area (TPSA) is 35.5 Å². The van der Waals surface area contributed by atoms with Gasteiger partial charge in [0.25, 0.3) is 6.43 Å². The summed E-state index contributed by atoms with van der Waals surface area (Å²) in [5.74, 6) is -0.394. The molecule has 1 aromatic carbocycles. The van der Waals surface area contributed by atoms with Crippen LogP contribution in [-0.2, 0) is 9.53 Å². The molecule has 0 amide bonds. The van der Waals surface area contributed by atoms with Crippen molar-refractivity contribution < 1.29 is 23.0 Å². The Labute approximate surface area is 158 Å². The number of carbonyl (C=O) groups excluding carboxylic acids is 1. The number of rotatable bonds is 6. The van der Waals surface area contributed by atoms with Crippen molar-refractivity contribution in [3.63, 3.8) is 0 Å². The molecule has 4 unspecified atom stereocenters. The van der Waals surface area contributed by atoms with Crippen LogP contribution in [0.3, 0.4) is 0 Å². The third kappa shape index (κ3) is 2.79. The number of carbonyl (C=O) groups is 1. The highest BCUT2D eigenvalue weighted by atomic mass is 19.3. The maximum atomic E-state index is 14.2. The summed E-state index contributed by atoms with van der Waals surface area (Å²) in [6.07, 6.45) is 4.62. The molecule has 1 saturated heterocycles. The van der Waals surface area contributed by atoms with Crippen LogP contribution < -0.4 is 4.74 Å². The maximum absolute atomic E-state index is 14.2. The maximum Gasteiger partial charge on any atom is 0.310 e. The molecule has 27 heavy (non-hydrogen) atoms. The van der Waals surface area contributed by atoms with Crippen molar-refractivity contribution in [2.75, 3.05) is 7.11 Å². The molecule has 1 saturated carbocycles. The van der Waals surface area contributed by atoms with Crippen LogP contribution >= 0.6 is 0 Å². The first kappa shape index (κ1) is 18.2. The lowest BCUT2D eigenvalue weighted by Crippen LogP contribution is -2.45. The molecule has 5 atom stereocenters. The fourth-order valence-electron chi connectivity index (χ4n) is 5.24. The van der Waals surface area contributed by atoms with E-state index in [1.165, 1.54) is 0 Å². The van der Waals surface area contributed by atoms with Gasteiger partial charge in [-0.2, -0.15) is 0 Å². The first-order chi connectivity index (χ1) is 13.0. The van der Waals surface area contributed by atoms with Crippen molar-refractivity contribution in [1.82, 2.24) is 0 Å². The Balaban J connectivity index is 1.55. The molecular weight excluding hydrogens is 350 g/mol. The van der Waals surface area contributed by atoms with E-state index in [2.05, 4.69) is 0 Å². The van der Waals surface area contributed by atoms with Crippen molar-refractivity contribution in [3.8, 4) is 5.75 Å². The predicted octanol–water partition coefficient (Wildman–Crippen LogP) is 4.88. The number of hydrogen-bond donors (Lipinski definition) is 0. The molecule has 2 fully saturated rings. The number of ether oxygens (including phenoxy) is 2. The van der Waals surface area contributed by atoms with Gasteiger partial charge in [0.15, 0.2) is 5.60 Å². The molecule has 2 aliphatic carbocycles. The molecule has 4 rings (SSSR count). The average Bonchev–Trinajstić information content (AvgIpc) is 3.35. The number of alkyl halides is 2. The predicted molar refractivity (Wildman–Crippen MR) is 98.4 cm³/mol. The minimum atomic E-state index is -2.68. The summed E-state index contributed by atoms with van der Waals surface area (Å²) in [5.41, 5.74) is 0.240. The molecule has 2 bridgehead atoms. The molecule has 0 radical (unpaired) electrons. The van der Waals surface area contributed by atoms with Crippen LogP contribution in [0, 0.1) is 23.7 Å². The summed E-state index contributed by atoms with van der Waals surface area (Å²) in [7, 11) is 1.61. The summed E-state index contributed by atoms with van der Waals surface area (Å²) in [6.45, 7) is 1.94. The smallest absolute Gasteiger partial charge is 0.310 e. The van der Waals surface area contributed by atoms with Gasteiger partial charge in [0, 0.05) is 11.5 Å². The number of allylic oxidation sites excluding steroid dienone is 4. The van der Waals surface area contributed by atoms with Crippen LogP contribution in [0.25, 0.3) is 5.57 Å². The molecule has 1 aliphatic heterocycles. The molecule has 1 aromatic rings. The largest absolute Gasteiger partial charge is 0.496 e. The second kappa shape index (κ2) is 6.77. The van der Waals surface area contributed by atoms with Crippen LogP contribution in [-0.4, -0.2) is 25.1 Å². The summed E-state index contributed by atoms with van der Waals surface area (Å²) in [4.78, 5) is 12.3. The third-order valence-corrected chi connectivity index (χ3v) is 6.47. The van der Waals surface area contributed by atoms with E-state index in [9.17, 15) is 13.6 Å². The highest BCUT2D eigenvalue weighted by molar-refractivity contribution is 5.78. The number of cyclic esters (lactones) is 1. The second-order valence-electron chi connectivity index (χ2n) is 7.80. The van der Waals surface area contributed by atoms with Crippen molar-refractivity contribution >= 4 is 11.5 Å². The second-order valence-corrected chi connectivity index (χ2v) is 7.80. The first-order valence-corrected chi connectivity index (χ1v) is 9.47. The molecule has 1 heterocycles. The Bertz CT molecular complexity index is 801. The lowest BCUT2D eigenvalue weighted by atomic mass is 9.73. The highest BCUT2D eigenvalue weighted by Crippen LogP contribution is 2.60. The molecular formula is C22H24F2O3. The van der Waals surface area contributed by atoms with Gasteiger partial charge in [0.1, 0.15) is 5.75 Å². The molecule has 3 nitrogen and oxygen atoms in total. The van der Waals surface area contributed by atoms with Gasteiger partial charge in [0.05, 0.1) is 13.0 Å². The van der Waals surface area contributed by atoms with Crippen LogP contribution in [0.4, 0.5) is 8.78 Å². The fourth-order valence-corrected chi connectivity index (χ4v) is 5.24. The van der Waals surface area contributed by atoms with E-state index < -0.39 is 29.8 Å². The molecule has 5 heteroatoms. The van der Waals surface area contributed by atoms with Crippen LogP contribution in [0.15, 0.2) is 42.5 Å². The van der Waals surface area contributed by atoms with Crippen LogP contribution in [0.2, 0.25) is 0 Å². The third-order valence-electron chi connectivity index (χ3n) is 6.47. The number of para-hydroxylation sites is 1. The van der Waals surface area contributed by atoms with Gasteiger partial charge in [-0.05, 0) is 49.7 Å². The van der Waals surface area contributed by atoms with Crippen molar-refractivity contribution in [2.24, 2.45) is 23.7 Å². The van der Waals surface area contributed by atoms with Crippen LogP contribution in [0.1, 0.15) is 31.7 Å². The van der Waals surface area contributed by atoms with Gasteiger partial charge >= 0.3 is 5.97 Å². The normalized spacial score (nSPS) is 34.3. The van der Waals surface area contributed by atoms with Crippen molar-refractivity contribution in [3.05, 3.63) is 48.1 Å². The van der Waals surface area contributed by atoms with Crippen molar-refractivity contribution in [1.29, 1.82) is 0 Å². The molecule has 0 aromatic heterocycles. The number of esters is 1. The summed E-state index contributed by atoms with van der Waals surface area (Å²) in [6, 6.07) is 7.63. The van der Waals surface area contributed by atoms with E-state index >= 15 is 0 Å². The van der Waals surface area contributed by atoms with E-state index in [4.69, 9.17) is 9.47 Å². The standard InChI is InChI=1S/C22H24F2O3/c1-13(16-7-3-4-8-17(16)26-2)6-5-11-22(21(23)24)19-15-10-9-14(12-15)18(19)20(25)27-22/h3-4,6-10,14-15,18-19,21H,5,11-12H2,1-2H3/b13-6+/t14?,15?,18?,19?,22-/m1/s1. The number of halogens is 2. The number of methoxy groups -OCH3 is 1. The highest BCUT2D eigenvalue weighted by Gasteiger charge is 2.67. The SMILES string of the molecule is COc1ccccc1/C(C)=C/CC[C@@]1(C(F)F)OC(=O)C2C3C=CC(C3)C21. The van der Waals surface area contributed by atoms with E-state index in [1.54, 1.807) is 7.11 Å². The molecule has 0 N–H and O–H groups in total. The van der Waals surface area contributed by atoms with Gasteiger partial charge < -0.3 is 9.47 Å². The fraction of sp³-hybridized carbons (Fsp3) is 0.500. The zero-order valence-electron chi connectivity index (χ0n) is 15.5. The number of hydrogen-bond acceptors (Lipinski definition) is 3. The molecule has 0 spiro atoms. The van der Waals surface area contributed by atoms with E-state index in [0.717, 1.165) is 23.3 Å². The Morgan fingerprint density at radius 1 is 1.33 bits per heavy atom. The zero-order chi connectivity index (χ0) is 19.2. The Morgan fingerprint density at radius 3 is 2.81 bits per heavy atom. The van der Waals surface area contributed by atoms with Gasteiger partial charge in [0.2, 0.25) is 0 Å². The Morgan fingerprint density at radius 2 is 2.07 bits per heavy atom. The minimum Gasteiger partial charge on any atom is -0.496 e. The minimum absolute atomic E-state index is 0.0275. The van der Waals surface area contributed by atoms with Gasteiger partial charge in [-0.15, -0.1) is 0 Å². The van der Waals surface area contributed by atoms with Crippen molar-refractivity contribution in [2.45, 2.75) is 38.2 Å². The van der Waals surface area contributed by atoms with Gasteiger partial charge in [-0.1, -0.05) is 36.4 Å². The lowest BCUT2D eigenvalue weighted by Gasteiger charge is -2.35. The van der Waals surface area contributed by atoms with Gasteiger partial charge in [-0.3, -0.25) is 4.79 Å². The van der Waals surface area contributed by atoms with E-state index in [0.29, 0.717) is 6.42 Å². The monoisotopic (exact) mass is 374 g/mol. The average molecular weight is 374 g/mol.